The van der Waals surface area contributed by atoms with Crippen LogP contribution >= 0.6 is 11.3 Å². The summed E-state index contributed by atoms with van der Waals surface area (Å²) in [5.41, 5.74) is 1.27. The normalized spacial score (nSPS) is 18.6. The van der Waals surface area contributed by atoms with Crippen molar-refractivity contribution >= 4 is 11.3 Å². The Kier molecular flexibility index (Phi) is 3.34. The van der Waals surface area contributed by atoms with Crippen molar-refractivity contribution in [1.29, 1.82) is 0 Å². The molecule has 2 aromatic heterocycles. The van der Waals surface area contributed by atoms with Crippen LogP contribution in [0.4, 0.5) is 0 Å². The van der Waals surface area contributed by atoms with Crippen molar-refractivity contribution in [1.82, 2.24) is 20.3 Å². The maximum absolute atomic E-state index is 4.77. The van der Waals surface area contributed by atoms with Crippen LogP contribution in [-0.4, -0.2) is 28.5 Å². The van der Waals surface area contributed by atoms with E-state index >= 15 is 0 Å². The average Bonchev–Trinajstić information content (AvgIpc) is 2.85. The minimum Gasteiger partial charge on any atom is -0.319 e. The largest absolute Gasteiger partial charge is 0.319 e. The van der Waals surface area contributed by atoms with E-state index in [9.17, 15) is 0 Å². The summed E-state index contributed by atoms with van der Waals surface area (Å²) in [7, 11) is 2.00. The highest BCUT2D eigenvalue weighted by atomic mass is 32.1. The Balaban J connectivity index is 1.96. The summed E-state index contributed by atoms with van der Waals surface area (Å²) in [5, 5.41) is 4.22. The molecule has 0 amide bonds. The lowest BCUT2D eigenvalue weighted by Crippen LogP contribution is -2.20. The second-order valence-electron chi connectivity index (χ2n) is 4.55. The van der Waals surface area contributed by atoms with Gasteiger partial charge in [-0.05, 0) is 32.4 Å². The van der Waals surface area contributed by atoms with Crippen LogP contribution in [-0.2, 0) is 6.42 Å². The van der Waals surface area contributed by atoms with Gasteiger partial charge in [0.2, 0.25) is 0 Å². The second-order valence-corrected chi connectivity index (χ2v) is 5.63. The molecule has 2 heterocycles. The fraction of sp³-hybridized carbons (Fsp3) is 0.462. The SMILES string of the molecule is CNCC1CCCc2sc(-c3ncccn3)nc21. The summed E-state index contributed by atoms with van der Waals surface area (Å²) in [6.45, 7) is 1.01. The van der Waals surface area contributed by atoms with E-state index in [-0.39, 0.29) is 0 Å². The summed E-state index contributed by atoms with van der Waals surface area (Å²) in [6, 6.07) is 1.83. The first kappa shape index (κ1) is 11.7. The van der Waals surface area contributed by atoms with Gasteiger partial charge >= 0.3 is 0 Å². The molecular weight excluding hydrogens is 244 g/mol. The van der Waals surface area contributed by atoms with Crippen LogP contribution in [0.3, 0.4) is 0 Å². The standard InChI is InChI=1S/C13H16N4S/c1-14-8-9-4-2-5-10-11(9)17-13(18-10)12-15-6-3-7-16-12/h3,6-7,9,14H,2,4-5,8H2,1H3. The molecular formula is C13H16N4S. The quantitative estimate of drug-likeness (QED) is 0.919. The summed E-state index contributed by atoms with van der Waals surface area (Å²) in [4.78, 5) is 14.8. The van der Waals surface area contributed by atoms with Crippen LogP contribution in [0.1, 0.15) is 29.3 Å². The Bertz CT molecular complexity index is 523. The number of fused-ring (bicyclic) bond motifs is 1. The summed E-state index contributed by atoms with van der Waals surface area (Å²) >= 11 is 1.75. The number of thiazole rings is 1. The highest BCUT2D eigenvalue weighted by Crippen LogP contribution is 2.36. The van der Waals surface area contributed by atoms with Gasteiger partial charge in [0.25, 0.3) is 0 Å². The second kappa shape index (κ2) is 5.12. The molecule has 1 unspecified atom stereocenters. The van der Waals surface area contributed by atoms with Crippen molar-refractivity contribution in [3.63, 3.8) is 0 Å². The molecule has 0 radical (unpaired) electrons. The molecule has 2 aromatic rings. The lowest BCUT2D eigenvalue weighted by Gasteiger charge is -2.20. The molecule has 1 aliphatic carbocycles. The molecule has 4 nitrogen and oxygen atoms in total. The molecule has 3 rings (SSSR count). The van der Waals surface area contributed by atoms with Gasteiger partial charge in [-0.3, -0.25) is 0 Å². The Morgan fingerprint density at radius 3 is 3.00 bits per heavy atom. The molecule has 1 aliphatic rings. The molecule has 1 atom stereocenters. The van der Waals surface area contributed by atoms with Gasteiger partial charge in [-0.15, -0.1) is 11.3 Å². The Morgan fingerprint density at radius 2 is 2.22 bits per heavy atom. The molecule has 94 valence electrons. The van der Waals surface area contributed by atoms with Crippen LogP contribution in [0.2, 0.25) is 0 Å². The zero-order valence-corrected chi connectivity index (χ0v) is 11.2. The van der Waals surface area contributed by atoms with E-state index in [4.69, 9.17) is 4.98 Å². The lowest BCUT2D eigenvalue weighted by atomic mass is 9.91. The number of nitrogens with zero attached hydrogens (tertiary/aromatic N) is 3. The van der Waals surface area contributed by atoms with Crippen molar-refractivity contribution < 1.29 is 0 Å². The van der Waals surface area contributed by atoms with Crippen LogP contribution in [0.15, 0.2) is 18.5 Å². The van der Waals surface area contributed by atoms with Crippen LogP contribution in [0, 0.1) is 0 Å². The van der Waals surface area contributed by atoms with Gasteiger partial charge in [0.05, 0.1) is 5.69 Å². The smallest absolute Gasteiger partial charge is 0.188 e. The van der Waals surface area contributed by atoms with Gasteiger partial charge in [0.15, 0.2) is 10.8 Å². The average molecular weight is 260 g/mol. The summed E-state index contributed by atoms with van der Waals surface area (Å²) < 4.78 is 0. The summed E-state index contributed by atoms with van der Waals surface area (Å²) in [6.07, 6.45) is 7.19. The van der Waals surface area contributed by atoms with Gasteiger partial charge in [-0.2, -0.15) is 0 Å². The highest BCUT2D eigenvalue weighted by molar-refractivity contribution is 7.15. The monoisotopic (exact) mass is 260 g/mol. The molecule has 0 fully saturated rings. The van der Waals surface area contributed by atoms with E-state index in [1.807, 2.05) is 13.1 Å². The van der Waals surface area contributed by atoms with Gasteiger partial charge in [-0.1, -0.05) is 0 Å². The molecule has 0 spiro atoms. The van der Waals surface area contributed by atoms with E-state index in [0.29, 0.717) is 5.92 Å². The molecule has 0 saturated carbocycles. The maximum atomic E-state index is 4.77. The first-order valence-corrected chi connectivity index (χ1v) is 7.11. The number of nitrogens with one attached hydrogen (secondary N) is 1. The number of hydrogen-bond acceptors (Lipinski definition) is 5. The van der Waals surface area contributed by atoms with E-state index in [0.717, 1.165) is 23.8 Å². The molecule has 1 N–H and O–H groups in total. The van der Waals surface area contributed by atoms with Gasteiger partial charge in [-0.25, -0.2) is 15.0 Å². The van der Waals surface area contributed by atoms with Gasteiger partial charge < -0.3 is 5.32 Å². The van der Waals surface area contributed by atoms with E-state index in [2.05, 4.69) is 15.3 Å². The van der Waals surface area contributed by atoms with Crippen molar-refractivity contribution in [3.05, 3.63) is 29.0 Å². The minimum atomic E-state index is 0.549. The minimum absolute atomic E-state index is 0.549. The number of likely N-dealkylation sites (N-methyl/N-ethyl adjacent to an activating group) is 1. The predicted octanol–water partition coefficient (Wildman–Crippen LogP) is 2.24. The van der Waals surface area contributed by atoms with Crippen LogP contribution in [0.5, 0.6) is 0 Å². The van der Waals surface area contributed by atoms with Crippen LogP contribution < -0.4 is 5.32 Å². The van der Waals surface area contributed by atoms with E-state index in [1.54, 1.807) is 23.7 Å². The summed E-state index contributed by atoms with van der Waals surface area (Å²) in [5.74, 6) is 1.30. The third kappa shape index (κ3) is 2.15. The van der Waals surface area contributed by atoms with Crippen molar-refractivity contribution in [2.24, 2.45) is 0 Å². The number of aromatic nitrogens is 3. The molecule has 0 bridgehead atoms. The number of rotatable bonds is 3. The number of aryl methyl sites for hydroxylation is 1. The predicted molar refractivity (Wildman–Crippen MR) is 72.7 cm³/mol. The fourth-order valence-corrected chi connectivity index (χ4v) is 3.60. The van der Waals surface area contributed by atoms with Crippen molar-refractivity contribution in [2.75, 3.05) is 13.6 Å². The molecule has 18 heavy (non-hydrogen) atoms. The zero-order chi connectivity index (χ0) is 12.4. The molecule has 0 aromatic carbocycles. The lowest BCUT2D eigenvalue weighted by molar-refractivity contribution is 0.523. The molecule has 0 aliphatic heterocycles. The van der Waals surface area contributed by atoms with Crippen molar-refractivity contribution in [3.8, 4) is 10.8 Å². The first-order valence-electron chi connectivity index (χ1n) is 6.30. The van der Waals surface area contributed by atoms with Crippen molar-refractivity contribution in [2.45, 2.75) is 25.2 Å². The number of hydrogen-bond donors (Lipinski definition) is 1. The maximum Gasteiger partial charge on any atom is 0.188 e. The molecule has 5 heteroatoms. The Morgan fingerprint density at radius 1 is 1.39 bits per heavy atom. The fourth-order valence-electron chi connectivity index (χ4n) is 2.46. The third-order valence-corrected chi connectivity index (χ3v) is 4.41. The third-order valence-electron chi connectivity index (χ3n) is 3.28. The first-order chi connectivity index (χ1) is 8.88. The van der Waals surface area contributed by atoms with Crippen LogP contribution in [0.25, 0.3) is 10.8 Å². The molecule has 0 saturated heterocycles. The van der Waals surface area contributed by atoms with E-state index < -0.39 is 0 Å². The van der Waals surface area contributed by atoms with Gasteiger partial charge in [0, 0.05) is 29.7 Å². The zero-order valence-electron chi connectivity index (χ0n) is 10.4. The highest BCUT2D eigenvalue weighted by Gasteiger charge is 2.25. The van der Waals surface area contributed by atoms with Gasteiger partial charge in [0.1, 0.15) is 0 Å². The Labute approximate surface area is 111 Å². The Hall–Kier alpha value is -1.33. The topological polar surface area (TPSA) is 50.7 Å². The van der Waals surface area contributed by atoms with E-state index in [1.165, 1.54) is 23.4 Å².